The van der Waals surface area contributed by atoms with Crippen LogP contribution in [0.4, 0.5) is 10.3 Å². The van der Waals surface area contributed by atoms with Crippen LogP contribution in [0.1, 0.15) is 0 Å². The predicted octanol–water partition coefficient (Wildman–Crippen LogP) is 2.45. The number of rotatable bonds is 1. The van der Waals surface area contributed by atoms with Gasteiger partial charge in [-0.3, -0.25) is 0 Å². The molecule has 3 rings (SSSR count). The molecule has 88 valence electrons. The van der Waals surface area contributed by atoms with Gasteiger partial charge >= 0.3 is 0 Å². The Hall–Kier alpha value is -1.95. The second-order valence-electron chi connectivity index (χ2n) is 3.38. The van der Waals surface area contributed by atoms with Crippen LogP contribution in [0.5, 0.6) is 11.5 Å². The summed E-state index contributed by atoms with van der Waals surface area (Å²) < 4.78 is 29.0. The van der Waals surface area contributed by atoms with Crippen molar-refractivity contribution in [2.45, 2.75) is 0 Å². The number of hydrogen-bond acceptors (Lipinski definition) is 5. The minimum Gasteiger partial charge on any atom is -0.454 e. The van der Waals surface area contributed by atoms with E-state index >= 15 is 0 Å². The molecule has 17 heavy (non-hydrogen) atoms. The van der Waals surface area contributed by atoms with Crippen molar-refractivity contribution in [2.24, 2.45) is 0 Å². The van der Waals surface area contributed by atoms with Gasteiger partial charge in [0.25, 0.3) is 0 Å². The summed E-state index contributed by atoms with van der Waals surface area (Å²) in [6, 6.07) is 1.35. The lowest BCUT2D eigenvalue weighted by atomic mass is 10.1. The van der Waals surface area contributed by atoms with Gasteiger partial charge < -0.3 is 19.7 Å². The minimum atomic E-state index is -0.647. The molecule has 0 saturated carbocycles. The number of benzene rings is 1. The van der Waals surface area contributed by atoms with Crippen LogP contribution in [-0.2, 0) is 0 Å². The highest BCUT2D eigenvalue weighted by Crippen LogP contribution is 2.47. The second-order valence-corrected chi connectivity index (χ2v) is 3.79. The molecule has 0 bridgehead atoms. The lowest BCUT2D eigenvalue weighted by Crippen LogP contribution is -1.95. The molecule has 0 aliphatic carbocycles. The van der Waals surface area contributed by atoms with Crippen LogP contribution in [0, 0.1) is 5.82 Å². The van der Waals surface area contributed by atoms with Gasteiger partial charge in [0.1, 0.15) is 0 Å². The van der Waals surface area contributed by atoms with E-state index < -0.39 is 5.82 Å². The smallest absolute Gasteiger partial charge is 0.231 e. The SMILES string of the molecule is Nc1oncc1-c1c(F)c(Cl)cc2c1OCO2. The molecular weight excluding hydrogens is 251 g/mol. The Bertz CT molecular complexity index is 599. The lowest BCUT2D eigenvalue weighted by Gasteiger charge is -2.06. The summed E-state index contributed by atoms with van der Waals surface area (Å²) in [6.45, 7) is 0.00724. The molecule has 0 spiro atoms. The van der Waals surface area contributed by atoms with Crippen molar-refractivity contribution in [1.82, 2.24) is 5.16 Å². The number of hydrogen-bond donors (Lipinski definition) is 1. The second kappa shape index (κ2) is 3.53. The van der Waals surface area contributed by atoms with Crippen molar-refractivity contribution in [2.75, 3.05) is 12.5 Å². The van der Waals surface area contributed by atoms with Crippen molar-refractivity contribution in [3.05, 3.63) is 23.1 Å². The number of fused-ring (bicyclic) bond motifs is 1. The van der Waals surface area contributed by atoms with Gasteiger partial charge in [-0.15, -0.1) is 0 Å². The summed E-state index contributed by atoms with van der Waals surface area (Å²) in [5, 5.41) is 3.41. The first kappa shape index (κ1) is 10.2. The van der Waals surface area contributed by atoms with Crippen molar-refractivity contribution < 1.29 is 18.4 Å². The predicted molar refractivity (Wildman–Crippen MR) is 57.4 cm³/mol. The third-order valence-electron chi connectivity index (χ3n) is 2.42. The minimum absolute atomic E-state index is 0.00724. The molecule has 5 nitrogen and oxygen atoms in total. The van der Waals surface area contributed by atoms with E-state index in [4.69, 9.17) is 31.3 Å². The van der Waals surface area contributed by atoms with Gasteiger partial charge in [-0.25, -0.2) is 4.39 Å². The highest BCUT2D eigenvalue weighted by molar-refractivity contribution is 6.31. The van der Waals surface area contributed by atoms with Crippen LogP contribution in [-0.4, -0.2) is 11.9 Å². The highest BCUT2D eigenvalue weighted by Gasteiger charge is 2.27. The molecule has 1 aliphatic heterocycles. The Labute approximate surface area is 99.8 Å². The van der Waals surface area contributed by atoms with Crippen LogP contribution in [0.3, 0.4) is 0 Å². The molecule has 2 N–H and O–H groups in total. The standard InChI is InChI=1S/C10H6ClFN2O3/c11-5-1-6-9(16-3-15-6)7(8(5)12)4-2-14-17-10(4)13/h1-2H,3,13H2. The molecule has 1 aromatic carbocycles. The van der Waals surface area contributed by atoms with Crippen molar-refractivity contribution in [3.63, 3.8) is 0 Å². The summed E-state index contributed by atoms with van der Waals surface area (Å²) in [4.78, 5) is 0. The molecule has 0 unspecified atom stereocenters. The molecule has 0 fully saturated rings. The topological polar surface area (TPSA) is 70.5 Å². The van der Waals surface area contributed by atoms with Gasteiger partial charge in [-0.1, -0.05) is 16.8 Å². The van der Waals surface area contributed by atoms with Gasteiger partial charge in [0.05, 0.1) is 22.3 Å². The number of ether oxygens (including phenoxy) is 2. The van der Waals surface area contributed by atoms with E-state index in [0.717, 1.165) is 0 Å². The Kier molecular flexibility index (Phi) is 2.12. The largest absolute Gasteiger partial charge is 0.454 e. The van der Waals surface area contributed by atoms with E-state index in [-0.39, 0.29) is 34.6 Å². The zero-order valence-corrected chi connectivity index (χ0v) is 9.12. The third kappa shape index (κ3) is 1.41. The van der Waals surface area contributed by atoms with E-state index in [2.05, 4.69) is 5.16 Å². The number of nitrogens with two attached hydrogens (primary N) is 1. The molecule has 0 atom stereocenters. The fraction of sp³-hybridized carbons (Fsp3) is 0.100. The fourth-order valence-electron chi connectivity index (χ4n) is 1.67. The number of nitrogen functional groups attached to an aromatic ring is 1. The van der Waals surface area contributed by atoms with Crippen molar-refractivity contribution in [1.29, 1.82) is 0 Å². The molecule has 2 heterocycles. The first-order valence-corrected chi connectivity index (χ1v) is 5.04. The summed E-state index contributed by atoms with van der Waals surface area (Å²) >= 11 is 5.76. The molecule has 0 radical (unpaired) electrons. The Morgan fingerprint density at radius 2 is 2.24 bits per heavy atom. The highest BCUT2D eigenvalue weighted by atomic mass is 35.5. The quantitative estimate of drug-likeness (QED) is 0.849. The van der Waals surface area contributed by atoms with E-state index in [1.165, 1.54) is 12.3 Å². The van der Waals surface area contributed by atoms with Crippen molar-refractivity contribution >= 4 is 17.5 Å². The van der Waals surface area contributed by atoms with E-state index in [9.17, 15) is 4.39 Å². The van der Waals surface area contributed by atoms with E-state index in [1.807, 2.05) is 0 Å². The summed E-state index contributed by atoms with van der Waals surface area (Å²) in [7, 11) is 0. The zero-order valence-electron chi connectivity index (χ0n) is 8.37. The maximum absolute atomic E-state index is 14.0. The summed E-state index contributed by atoms with van der Waals surface area (Å²) in [5.74, 6) is -0.0384. The third-order valence-corrected chi connectivity index (χ3v) is 2.70. The Balaban J connectivity index is 2.33. The van der Waals surface area contributed by atoms with Gasteiger partial charge in [0, 0.05) is 6.07 Å². The van der Waals surface area contributed by atoms with Crippen LogP contribution in [0.15, 0.2) is 16.8 Å². The average molecular weight is 257 g/mol. The van der Waals surface area contributed by atoms with Crippen LogP contribution < -0.4 is 15.2 Å². The summed E-state index contributed by atoms with van der Waals surface area (Å²) in [6.07, 6.45) is 1.30. The molecule has 0 amide bonds. The van der Waals surface area contributed by atoms with Gasteiger partial charge in [-0.2, -0.15) is 0 Å². The van der Waals surface area contributed by atoms with Crippen LogP contribution in [0.25, 0.3) is 11.1 Å². The van der Waals surface area contributed by atoms with E-state index in [0.29, 0.717) is 5.75 Å². The Morgan fingerprint density at radius 3 is 2.94 bits per heavy atom. The zero-order chi connectivity index (χ0) is 12.0. The molecule has 1 aliphatic rings. The van der Waals surface area contributed by atoms with E-state index in [1.54, 1.807) is 0 Å². The number of nitrogens with zero attached hydrogens (tertiary/aromatic N) is 1. The van der Waals surface area contributed by atoms with Crippen molar-refractivity contribution in [3.8, 4) is 22.6 Å². The normalized spacial score (nSPS) is 13.1. The molecular formula is C10H6ClFN2O3. The fourth-order valence-corrected chi connectivity index (χ4v) is 1.86. The molecule has 1 aromatic heterocycles. The maximum atomic E-state index is 14.0. The molecule has 2 aromatic rings. The number of anilines is 1. The first-order chi connectivity index (χ1) is 8.18. The van der Waals surface area contributed by atoms with Gasteiger partial charge in [-0.05, 0) is 0 Å². The number of halogens is 2. The number of aromatic nitrogens is 1. The average Bonchev–Trinajstić information content (AvgIpc) is 2.89. The monoisotopic (exact) mass is 256 g/mol. The van der Waals surface area contributed by atoms with Gasteiger partial charge in [0.2, 0.25) is 12.7 Å². The van der Waals surface area contributed by atoms with Crippen LogP contribution >= 0.6 is 11.6 Å². The first-order valence-electron chi connectivity index (χ1n) is 4.66. The summed E-state index contributed by atoms with van der Waals surface area (Å²) in [5.41, 5.74) is 5.94. The Morgan fingerprint density at radius 1 is 1.41 bits per heavy atom. The van der Waals surface area contributed by atoms with Gasteiger partial charge in [0.15, 0.2) is 17.3 Å². The molecule has 7 heteroatoms. The van der Waals surface area contributed by atoms with Crippen LogP contribution in [0.2, 0.25) is 5.02 Å². The molecule has 0 saturated heterocycles. The lowest BCUT2D eigenvalue weighted by molar-refractivity contribution is 0.174. The maximum Gasteiger partial charge on any atom is 0.231 e.